The molecular formula is C24H20N2O4. The molecule has 0 aliphatic carbocycles. The van der Waals surface area contributed by atoms with Gasteiger partial charge in [-0.2, -0.15) is 0 Å². The Balaban J connectivity index is 1.91. The number of benzene rings is 2. The Bertz CT molecular complexity index is 1110. The van der Waals surface area contributed by atoms with Gasteiger partial charge in [-0.25, -0.2) is 0 Å². The molecule has 1 unspecified atom stereocenters. The average molecular weight is 400 g/mol. The molecular weight excluding hydrogens is 380 g/mol. The molecule has 3 aromatic rings. The van der Waals surface area contributed by atoms with Crippen LogP contribution in [0.3, 0.4) is 0 Å². The van der Waals surface area contributed by atoms with Crippen molar-refractivity contribution < 1.29 is 19.4 Å². The van der Waals surface area contributed by atoms with Crippen LogP contribution in [-0.4, -0.2) is 28.4 Å². The van der Waals surface area contributed by atoms with E-state index in [9.17, 15) is 14.7 Å². The average Bonchev–Trinajstić information content (AvgIpc) is 3.05. The smallest absolute Gasteiger partial charge is 0.300 e. The SMILES string of the molecule is CCOc1cccc(/C(O)=C2/C(=O)C(=O)N(c3ccccc3)C2c2cccnc2)c1. The van der Waals surface area contributed by atoms with E-state index in [1.54, 1.807) is 73.1 Å². The summed E-state index contributed by atoms with van der Waals surface area (Å²) in [6.45, 7) is 2.33. The number of nitrogens with zero attached hydrogens (tertiary/aromatic N) is 2. The van der Waals surface area contributed by atoms with Crippen molar-refractivity contribution in [3.8, 4) is 5.75 Å². The topological polar surface area (TPSA) is 79.7 Å². The molecule has 1 fully saturated rings. The van der Waals surface area contributed by atoms with Crippen LogP contribution in [0.2, 0.25) is 0 Å². The summed E-state index contributed by atoms with van der Waals surface area (Å²) in [5.41, 5.74) is 1.62. The van der Waals surface area contributed by atoms with E-state index in [0.717, 1.165) is 0 Å². The number of aliphatic hydroxyl groups excluding tert-OH is 1. The van der Waals surface area contributed by atoms with Gasteiger partial charge in [0.05, 0.1) is 18.2 Å². The lowest BCUT2D eigenvalue weighted by Gasteiger charge is -2.25. The molecule has 1 N–H and O–H groups in total. The molecule has 0 bridgehead atoms. The number of carbonyl (C=O) groups excluding carboxylic acids is 2. The van der Waals surface area contributed by atoms with Crippen molar-refractivity contribution in [1.82, 2.24) is 4.98 Å². The standard InChI is InChI=1S/C24H20N2O4/c1-2-30-19-12-6-8-16(14-19)22(27)20-21(17-9-7-13-25-15-17)26(24(29)23(20)28)18-10-4-3-5-11-18/h3-15,21,27H,2H2,1H3/b22-20-. The fourth-order valence-electron chi connectivity index (χ4n) is 3.60. The summed E-state index contributed by atoms with van der Waals surface area (Å²) in [5.74, 6) is -1.12. The predicted octanol–water partition coefficient (Wildman–Crippen LogP) is 4.11. The Morgan fingerprint density at radius 3 is 2.57 bits per heavy atom. The Morgan fingerprint density at radius 2 is 1.87 bits per heavy atom. The van der Waals surface area contributed by atoms with Gasteiger partial charge in [-0.1, -0.05) is 36.4 Å². The zero-order valence-corrected chi connectivity index (χ0v) is 16.4. The second kappa shape index (κ2) is 8.21. The summed E-state index contributed by atoms with van der Waals surface area (Å²) >= 11 is 0. The van der Waals surface area contributed by atoms with Gasteiger partial charge in [-0.3, -0.25) is 19.5 Å². The molecule has 1 saturated heterocycles. The molecule has 2 heterocycles. The van der Waals surface area contributed by atoms with Crippen LogP contribution in [0.4, 0.5) is 5.69 Å². The van der Waals surface area contributed by atoms with Crippen LogP contribution >= 0.6 is 0 Å². The number of ketones is 1. The summed E-state index contributed by atoms with van der Waals surface area (Å²) in [4.78, 5) is 31.6. The summed E-state index contributed by atoms with van der Waals surface area (Å²) in [7, 11) is 0. The predicted molar refractivity (Wildman–Crippen MR) is 113 cm³/mol. The second-order valence-corrected chi connectivity index (χ2v) is 6.75. The second-order valence-electron chi connectivity index (χ2n) is 6.75. The maximum atomic E-state index is 13.0. The number of carbonyl (C=O) groups is 2. The Morgan fingerprint density at radius 1 is 1.07 bits per heavy atom. The molecule has 1 atom stereocenters. The van der Waals surface area contributed by atoms with Gasteiger partial charge in [0.2, 0.25) is 0 Å². The highest BCUT2D eigenvalue weighted by Crippen LogP contribution is 2.42. The van der Waals surface area contributed by atoms with E-state index in [1.165, 1.54) is 4.90 Å². The van der Waals surface area contributed by atoms with Crippen LogP contribution < -0.4 is 9.64 Å². The summed E-state index contributed by atoms with van der Waals surface area (Å²) < 4.78 is 5.50. The van der Waals surface area contributed by atoms with Crippen molar-refractivity contribution in [3.05, 3.63) is 95.8 Å². The maximum Gasteiger partial charge on any atom is 0.300 e. The molecule has 150 valence electrons. The molecule has 1 aliphatic heterocycles. The van der Waals surface area contributed by atoms with Gasteiger partial charge in [-0.05, 0) is 42.8 Å². The molecule has 0 spiro atoms. The molecule has 6 nitrogen and oxygen atoms in total. The van der Waals surface area contributed by atoms with E-state index in [2.05, 4.69) is 4.98 Å². The summed E-state index contributed by atoms with van der Waals surface area (Å²) in [5, 5.41) is 11.1. The van der Waals surface area contributed by atoms with Crippen molar-refractivity contribution in [2.75, 3.05) is 11.5 Å². The number of amides is 1. The first-order valence-corrected chi connectivity index (χ1v) is 9.61. The number of ether oxygens (including phenoxy) is 1. The monoisotopic (exact) mass is 400 g/mol. The normalized spacial score (nSPS) is 17.9. The van der Waals surface area contributed by atoms with Crippen LogP contribution in [0, 0.1) is 0 Å². The molecule has 4 rings (SSSR count). The quantitative estimate of drug-likeness (QED) is 0.396. The lowest BCUT2D eigenvalue weighted by molar-refractivity contribution is -0.132. The van der Waals surface area contributed by atoms with Crippen molar-refractivity contribution in [1.29, 1.82) is 0 Å². The third kappa shape index (κ3) is 3.43. The summed E-state index contributed by atoms with van der Waals surface area (Å²) in [6, 6.07) is 18.5. The minimum Gasteiger partial charge on any atom is -0.507 e. The fraction of sp³-hybridized carbons (Fsp3) is 0.125. The number of aliphatic hydroxyl groups is 1. The number of anilines is 1. The molecule has 0 radical (unpaired) electrons. The molecule has 1 aromatic heterocycles. The zero-order valence-electron chi connectivity index (χ0n) is 16.4. The van der Waals surface area contributed by atoms with Crippen molar-refractivity contribution in [2.24, 2.45) is 0 Å². The number of hydrogen-bond acceptors (Lipinski definition) is 5. The van der Waals surface area contributed by atoms with E-state index in [4.69, 9.17) is 4.74 Å². The molecule has 6 heteroatoms. The molecule has 0 saturated carbocycles. The Kier molecular flexibility index (Phi) is 5.30. The zero-order chi connectivity index (χ0) is 21.1. The number of hydrogen-bond donors (Lipinski definition) is 1. The number of rotatable bonds is 5. The highest BCUT2D eigenvalue weighted by molar-refractivity contribution is 6.51. The lowest BCUT2D eigenvalue weighted by Crippen LogP contribution is -2.29. The van der Waals surface area contributed by atoms with Crippen LogP contribution in [-0.2, 0) is 9.59 Å². The first kappa shape index (κ1) is 19.4. The molecule has 1 amide bonds. The van der Waals surface area contributed by atoms with E-state index in [-0.39, 0.29) is 11.3 Å². The van der Waals surface area contributed by atoms with Gasteiger partial charge in [0.1, 0.15) is 11.5 Å². The Labute approximate surface area is 174 Å². The number of aromatic nitrogens is 1. The number of para-hydroxylation sites is 1. The maximum absolute atomic E-state index is 13.0. The van der Waals surface area contributed by atoms with E-state index >= 15 is 0 Å². The first-order valence-electron chi connectivity index (χ1n) is 9.61. The van der Waals surface area contributed by atoms with Gasteiger partial charge < -0.3 is 9.84 Å². The van der Waals surface area contributed by atoms with E-state index < -0.39 is 17.7 Å². The van der Waals surface area contributed by atoms with Crippen LogP contribution in [0.25, 0.3) is 5.76 Å². The third-order valence-electron chi connectivity index (χ3n) is 4.90. The van der Waals surface area contributed by atoms with Gasteiger partial charge in [-0.15, -0.1) is 0 Å². The fourth-order valence-corrected chi connectivity index (χ4v) is 3.60. The lowest BCUT2D eigenvalue weighted by atomic mass is 9.96. The van der Waals surface area contributed by atoms with Crippen molar-refractivity contribution in [2.45, 2.75) is 13.0 Å². The molecule has 1 aliphatic rings. The van der Waals surface area contributed by atoms with Gasteiger partial charge in [0.15, 0.2) is 0 Å². The van der Waals surface area contributed by atoms with E-state index in [1.807, 2.05) is 13.0 Å². The first-order chi connectivity index (χ1) is 14.6. The number of Topliss-reactive ketones (excluding diaryl/α,β-unsaturated/α-hetero) is 1. The van der Waals surface area contributed by atoms with Gasteiger partial charge >= 0.3 is 0 Å². The van der Waals surface area contributed by atoms with E-state index in [0.29, 0.717) is 29.2 Å². The third-order valence-corrected chi connectivity index (χ3v) is 4.90. The number of pyridine rings is 1. The minimum atomic E-state index is -0.795. The minimum absolute atomic E-state index is 0.0190. The van der Waals surface area contributed by atoms with Crippen LogP contribution in [0.5, 0.6) is 5.75 Å². The largest absolute Gasteiger partial charge is 0.507 e. The Hall–Kier alpha value is -3.93. The van der Waals surface area contributed by atoms with Crippen molar-refractivity contribution in [3.63, 3.8) is 0 Å². The van der Waals surface area contributed by atoms with Gasteiger partial charge in [0.25, 0.3) is 11.7 Å². The highest BCUT2D eigenvalue weighted by atomic mass is 16.5. The van der Waals surface area contributed by atoms with Crippen LogP contribution in [0.15, 0.2) is 84.7 Å². The summed E-state index contributed by atoms with van der Waals surface area (Å²) in [6.07, 6.45) is 3.21. The van der Waals surface area contributed by atoms with Crippen molar-refractivity contribution >= 4 is 23.1 Å². The molecule has 2 aromatic carbocycles. The van der Waals surface area contributed by atoms with Crippen LogP contribution in [0.1, 0.15) is 24.1 Å². The highest BCUT2D eigenvalue weighted by Gasteiger charge is 2.47. The molecule has 30 heavy (non-hydrogen) atoms. The van der Waals surface area contributed by atoms with Gasteiger partial charge in [0, 0.05) is 23.6 Å².